The van der Waals surface area contributed by atoms with E-state index in [0.717, 1.165) is 12.3 Å². The molecule has 1 saturated carbocycles. The van der Waals surface area contributed by atoms with Crippen LogP contribution in [0.25, 0.3) is 6.08 Å². The summed E-state index contributed by atoms with van der Waals surface area (Å²) in [4.78, 5) is 12.7. The fourth-order valence-corrected chi connectivity index (χ4v) is 4.94. The van der Waals surface area contributed by atoms with Gasteiger partial charge in [0.25, 0.3) is 0 Å². The van der Waals surface area contributed by atoms with Crippen LogP contribution in [0.5, 0.6) is 5.75 Å². The normalized spacial score (nSPS) is 42.2. The van der Waals surface area contributed by atoms with Crippen LogP contribution in [-0.4, -0.2) is 103 Å². The summed E-state index contributed by atoms with van der Waals surface area (Å²) in [6.07, 6.45) is -5.96. The number of phenolic OH excluding ortho intramolecular Hbond substituents is 1. The Labute approximate surface area is 206 Å². The van der Waals surface area contributed by atoms with Gasteiger partial charge in [0.2, 0.25) is 6.29 Å². The average molecular weight is 510 g/mol. The maximum absolute atomic E-state index is 12.7. The van der Waals surface area contributed by atoms with Crippen LogP contribution >= 0.6 is 0 Å². The smallest absolute Gasteiger partial charge is 0.331 e. The number of carbonyl (C=O) groups excluding carboxylic acids is 1. The SMILES string of the molecule is C[C@]1(OC(=O)/C=C/c2ccc(O)cc2)C[C@@H](O)[C@]2(O)C=CO[C@@H](O[C@@H]3O[C@H](CO)[C@@H](O)[C@H](O)[C@H]3O)C12. The lowest BCUT2D eigenvalue weighted by molar-refractivity contribution is -0.351. The van der Waals surface area contributed by atoms with Gasteiger partial charge in [-0.2, -0.15) is 0 Å². The zero-order chi connectivity index (χ0) is 26.3. The van der Waals surface area contributed by atoms with Crippen molar-refractivity contribution in [2.45, 2.75) is 67.6 Å². The molecule has 2 heterocycles. The first-order valence-electron chi connectivity index (χ1n) is 11.4. The van der Waals surface area contributed by atoms with Gasteiger partial charge >= 0.3 is 5.97 Å². The van der Waals surface area contributed by atoms with Crippen LogP contribution in [0, 0.1) is 5.92 Å². The summed E-state index contributed by atoms with van der Waals surface area (Å²) in [5.74, 6) is -1.93. The van der Waals surface area contributed by atoms with Gasteiger partial charge in [-0.3, -0.25) is 0 Å². The number of carbonyl (C=O) groups is 1. The number of rotatable bonds is 6. The lowest BCUT2D eigenvalue weighted by Crippen LogP contribution is -2.62. The molecule has 7 N–H and O–H groups in total. The van der Waals surface area contributed by atoms with Gasteiger partial charge < -0.3 is 54.7 Å². The number of fused-ring (bicyclic) bond motifs is 1. The fraction of sp³-hybridized carbons (Fsp3) is 0.542. The highest BCUT2D eigenvalue weighted by Gasteiger charge is 2.66. The van der Waals surface area contributed by atoms with Crippen molar-refractivity contribution in [2.75, 3.05) is 6.61 Å². The Morgan fingerprint density at radius 2 is 1.81 bits per heavy atom. The molecule has 1 aromatic carbocycles. The lowest BCUT2D eigenvalue weighted by Gasteiger charge is -2.45. The highest BCUT2D eigenvalue weighted by Crippen LogP contribution is 2.51. The third-order valence-corrected chi connectivity index (χ3v) is 6.86. The van der Waals surface area contributed by atoms with Crippen molar-refractivity contribution in [3.8, 4) is 5.75 Å². The van der Waals surface area contributed by atoms with Crippen LogP contribution in [0.15, 0.2) is 42.7 Å². The molecule has 36 heavy (non-hydrogen) atoms. The van der Waals surface area contributed by atoms with E-state index in [-0.39, 0.29) is 12.2 Å². The molecule has 198 valence electrons. The first kappa shape index (κ1) is 26.5. The van der Waals surface area contributed by atoms with Crippen molar-refractivity contribution >= 4 is 12.0 Å². The number of ether oxygens (including phenoxy) is 4. The Kier molecular flexibility index (Phi) is 7.42. The van der Waals surface area contributed by atoms with Gasteiger partial charge in [-0.05, 0) is 36.8 Å². The van der Waals surface area contributed by atoms with Gasteiger partial charge in [0.15, 0.2) is 6.29 Å². The minimum absolute atomic E-state index is 0.0669. The van der Waals surface area contributed by atoms with E-state index in [0.29, 0.717) is 5.56 Å². The fourth-order valence-electron chi connectivity index (χ4n) is 4.94. The minimum Gasteiger partial charge on any atom is -0.508 e. The van der Waals surface area contributed by atoms with Gasteiger partial charge in [0.05, 0.1) is 24.9 Å². The Balaban J connectivity index is 1.54. The molecule has 1 aromatic rings. The lowest BCUT2D eigenvalue weighted by atomic mass is 9.81. The molecule has 10 atom stereocenters. The van der Waals surface area contributed by atoms with Crippen LogP contribution in [-0.2, 0) is 23.7 Å². The summed E-state index contributed by atoms with van der Waals surface area (Å²) >= 11 is 0. The predicted octanol–water partition coefficient (Wildman–Crippen LogP) is -1.49. The molecular formula is C24H30O12. The summed E-state index contributed by atoms with van der Waals surface area (Å²) in [7, 11) is 0. The van der Waals surface area contributed by atoms with Crippen LogP contribution in [0.1, 0.15) is 18.9 Å². The molecule has 2 fully saturated rings. The number of aromatic hydroxyl groups is 1. The minimum atomic E-state index is -1.94. The predicted molar refractivity (Wildman–Crippen MR) is 120 cm³/mol. The molecule has 1 unspecified atom stereocenters. The van der Waals surface area contributed by atoms with Crippen LogP contribution in [0.3, 0.4) is 0 Å². The molecule has 12 nitrogen and oxygen atoms in total. The quantitative estimate of drug-likeness (QED) is 0.173. The zero-order valence-electron chi connectivity index (χ0n) is 19.3. The number of benzene rings is 1. The summed E-state index contributed by atoms with van der Waals surface area (Å²) in [6, 6.07) is 6.07. The van der Waals surface area contributed by atoms with E-state index in [9.17, 15) is 40.5 Å². The molecule has 0 bridgehead atoms. The van der Waals surface area contributed by atoms with Crippen LogP contribution in [0.4, 0.5) is 0 Å². The number of phenols is 1. The third-order valence-electron chi connectivity index (χ3n) is 6.86. The zero-order valence-corrected chi connectivity index (χ0v) is 19.3. The van der Waals surface area contributed by atoms with Gasteiger partial charge in [-0.15, -0.1) is 0 Å². The standard InChI is InChI=1S/C24H30O12/c1-23(36-16(28)7-4-12-2-5-13(26)6-3-12)10-15(27)24(32)8-9-33-22(20(23)24)35-21-19(31)18(30)17(29)14(11-25)34-21/h2-9,14-15,17-22,25-27,29-32H,10-11H2,1H3/b7-4+/t14-,15-,17-,18+,19-,20?,21+,22+,23+,24-/m1/s1. The Morgan fingerprint density at radius 3 is 2.47 bits per heavy atom. The van der Waals surface area contributed by atoms with Crippen LogP contribution in [0.2, 0.25) is 0 Å². The van der Waals surface area contributed by atoms with Crippen molar-refractivity contribution < 1.29 is 59.5 Å². The largest absolute Gasteiger partial charge is 0.508 e. The highest BCUT2D eigenvalue weighted by atomic mass is 16.8. The maximum Gasteiger partial charge on any atom is 0.331 e. The van der Waals surface area contributed by atoms with E-state index < -0.39 is 72.8 Å². The number of hydrogen-bond acceptors (Lipinski definition) is 12. The second-order valence-corrected chi connectivity index (χ2v) is 9.38. The first-order valence-corrected chi connectivity index (χ1v) is 11.4. The maximum atomic E-state index is 12.7. The summed E-state index contributed by atoms with van der Waals surface area (Å²) < 4.78 is 22.2. The second kappa shape index (κ2) is 10.1. The number of aliphatic hydroxyl groups excluding tert-OH is 5. The highest BCUT2D eigenvalue weighted by molar-refractivity contribution is 5.87. The monoisotopic (exact) mass is 510 g/mol. The summed E-state index contributed by atoms with van der Waals surface area (Å²) in [6.45, 7) is 0.808. The molecule has 0 aromatic heterocycles. The Hall–Kier alpha value is -2.55. The van der Waals surface area contributed by atoms with Crippen molar-refractivity contribution in [3.05, 3.63) is 48.2 Å². The molecular weight excluding hydrogens is 480 g/mol. The first-order chi connectivity index (χ1) is 17.0. The van der Waals surface area contributed by atoms with E-state index in [4.69, 9.17) is 18.9 Å². The van der Waals surface area contributed by atoms with Gasteiger partial charge in [-0.25, -0.2) is 4.79 Å². The molecule has 2 aliphatic heterocycles. The molecule has 1 aliphatic carbocycles. The molecule has 3 aliphatic rings. The third kappa shape index (κ3) is 4.86. The van der Waals surface area contributed by atoms with E-state index in [1.807, 2.05) is 0 Å². The van der Waals surface area contributed by atoms with Crippen LogP contribution < -0.4 is 0 Å². The number of aliphatic hydroxyl groups is 6. The molecule has 4 rings (SSSR count). The number of esters is 1. The topological polar surface area (TPSA) is 196 Å². The molecule has 0 spiro atoms. The van der Waals surface area contributed by atoms with E-state index in [2.05, 4.69) is 0 Å². The van der Waals surface area contributed by atoms with E-state index in [1.165, 1.54) is 31.2 Å². The average Bonchev–Trinajstić information content (AvgIpc) is 3.04. The Morgan fingerprint density at radius 1 is 1.11 bits per heavy atom. The van der Waals surface area contributed by atoms with Crippen molar-refractivity contribution in [1.82, 2.24) is 0 Å². The molecule has 12 heteroatoms. The Bertz CT molecular complexity index is 993. The number of hydrogen-bond donors (Lipinski definition) is 7. The van der Waals surface area contributed by atoms with E-state index in [1.54, 1.807) is 12.1 Å². The summed E-state index contributed by atoms with van der Waals surface area (Å²) in [5, 5.41) is 71.1. The van der Waals surface area contributed by atoms with Crippen molar-refractivity contribution in [2.24, 2.45) is 5.92 Å². The summed E-state index contributed by atoms with van der Waals surface area (Å²) in [5.41, 5.74) is -2.84. The molecule has 0 radical (unpaired) electrons. The van der Waals surface area contributed by atoms with Gasteiger partial charge in [0.1, 0.15) is 41.4 Å². The second-order valence-electron chi connectivity index (χ2n) is 9.38. The van der Waals surface area contributed by atoms with E-state index >= 15 is 0 Å². The molecule has 0 amide bonds. The van der Waals surface area contributed by atoms with Crippen molar-refractivity contribution in [1.29, 1.82) is 0 Å². The molecule has 1 saturated heterocycles. The van der Waals surface area contributed by atoms with Gasteiger partial charge in [-0.1, -0.05) is 12.1 Å². The van der Waals surface area contributed by atoms with Crippen molar-refractivity contribution in [3.63, 3.8) is 0 Å². The van der Waals surface area contributed by atoms with Gasteiger partial charge in [0, 0.05) is 12.5 Å².